The van der Waals surface area contributed by atoms with Crippen LogP contribution in [0.25, 0.3) is 0 Å². The van der Waals surface area contributed by atoms with Crippen molar-refractivity contribution in [2.45, 2.75) is 26.8 Å². The van der Waals surface area contributed by atoms with Crippen molar-refractivity contribution in [3.8, 4) is 0 Å². The first-order valence-corrected chi connectivity index (χ1v) is 6.75. The molecular formula is C16H20N4. The van der Waals surface area contributed by atoms with Gasteiger partial charge in [0.2, 0.25) is 0 Å². The third-order valence-electron chi connectivity index (χ3n) is 3.12. The number of nitrogens with two attached hydrogens (primary N) is 1. The summed E-state index contributed by atoms with van der Waals surface area (Å²) in [7, 11) is 0. The molecule has 4 nitrogen and oxygen atoms in total. The van der Waals surface area contributed by atoms with Crippen LogP contribution in [0.5, 0.6) is 0 Å². The predicted octanol–water partition coefficient (Wildman–Crippen LogP) is 2.88. The molecule has 0 unspecified atom stereocenters. The van der Waals surface area contributed by atoms with Gasteiger partial charge in [-0.3, -0.25) is 4.98 Å². The summed E-state index contributed by atoms with van der Waals surface area (Å²) in [6.45, 7) is 4.63. The van der Waals surface area contributed by atoms with E-state index in [9.17, 15) is 0 Å². The molecule has 0 amide bonds. The molecule has 0 atom stereocenters. The molecule has 0 bridgehead atoms. The number of aromatic nitrogens is 1. The Hall–Kier alpha value is -2.36. The minimum Gasteiger partial charge on any atom is -0.370 e. The van der Waals surface area contributed by atoms with Gasteiger partial charge >= 0.3 is 0 Å². The van der Waals surface area contributed by atoms with Gasteiger partial charge in [-0.15, -0.1) is 0 Å². The van der Waals surface area contributed by atoms with Crippen LogP contribution in [0.15, 0.2) is 47.6 Å². The Morgan fingerprint density at radius 3 is 2.90 bits per heavy atom. The fraction of sp³-hybridized carbons (Fsp3) is 0.250. The Labute approximate surface area is 119 Å². The van der Waals surface area contributed by atoms with Crippen LogP contribution < -0.4 is 11.1 Å². The zero-order chi connectivity index (χ0) is 14.4. The van der Waals surface area contributed by atoms with Crippen LogP contribution in [0.1, 0.15) is 23.7 Å². The predicted molar refractivity (Wildman–Crippen MR) is 83.7 cm³/mol. The quantitative estimate of drug-likeness (QED) is 0.662. The van der Waals surface area contributed by atoms with Crippen LogP contribution in [-0.4, -0.2) is 10.9 Å². The lowest BCUT2D eigenvalue weighted by molar-refractivity contribution is 0.964. The molecule has 0 aliphatic heterocycles. The first kappa shape index (κ1) is 14.1. The van der Waals surface area contributed by atoms with E-state index in [1.807, 2.05) is 31.2 Å². The molecular weight excluding hydrogens is 248 g/mol. The van der Waals surface area contributed by atoms with Crippen molar-refractivity contribution in [3.05, 3.63) is 59.4 Å². The molecule has 1 heterocycles. The van der Waals surface area contributed by atoms with E-state index in [1.165, 1.54) is 5.56 Å². The minimum absolute atomic E-state index is 0.406. The fourth-order valence-corrected chi connectivity index (χ4v) is 1.90. The molecule has 2 rings (SSSR count). The second-order valence-corrected chi connectivity index (χ2v) is 4.65. The molecule has 3 N–H and O–H groups in total. The molecule has 1 aromatic carbocycles. The molecule has 0 saturated heterocycles. The highest BCUT2D eigenvalue weighted by Gasteiger charge is 1.99. The van der Waals surface area contributed by atoms with Crippen LogP contribution >= 0.6 is 0 Å². The minimum atomic E-state index is 0.406. The van der Waals surface area contributed by atoms with Gasteiger partial charge in [0.1, 0.15) is 0 Å². The molecule has 1 aromatic heterocycles. The van der Waals surface area contributed by atoms with Gasteiger partial charge in [0.25, 0.3) is 0 Å². The van der Waals surface area contributed by atoms with Crippen molar-refractivity contribution in [3.63, 3.8) is 0 Å². The highest BCUT2D eigenvalue weighted by atomic mass is 15.1. The van der Waals surface area contributed by atoms with E-state index in [1.54, 1.807) is 6.20 Å². The zero-order valence-corrected chi connectivity index (χ0v) is 11.9. The second-order valence-electron chi connectivity index (χ2n) is 4.65. The Morgan fingerprint density at radius 1 is 1.30 bits per heavy atom. The summed E-state index contributed by atoms with van der Waals surface area (Å²) in [5, 5.41) is 3.11. The monoisotopic (exact) mass is 268 g/mol. The standard InChI is InChI=1S/C16H20N4/c1-3-13-7-4-8-14(10-13)20-16(17)19-11-15-12(2)6-5-9-18-15/h4-10H,3,11H2,1-2H3,(H3,17,19,20). The summed E-state index contributed by atoms with van der Waals surface area (Å²) in [5.74, 6) is 0.406. The van der Waals surface area contributed by atoms with Crippen molar-refractivity contribution in [1.82, 2.24) is 4.98 Å². The average Bonchev–Trinajstić information content (AvgIpc) is 2.46. The highest BCUT2D eigenvalue weighted by molar-refractivity contribution is 5.92. The first-order valence-electron chi connectivity index (χ1n) is 6.75. The number of anilines is 1. The molecule has 104 valence electrons. The maximum Gasteiger partial charge on any atom is 0.193 e. The van der Waals surface area contributed by atoms with Gasteiger partial charge in [-0.25, -0.2) is 4.99 Å². The molecule has 0 aliphatic rings. The van der Waals surface area contributed by atoms with E-state index >= 15 is 0 Å². The summed E-state index contributed by atoms with van der Waals surface area (Å²) >= 11 is 0. The van der Waals surface area contributed by atoms with Gasteiger partial charge in [-0.05, 0) is 42.7 Å². The molecule has 0 fully saturated rings. The summed E-state index contributed by atoms with van der Waals surface area (Å²) in [5.41, 5.74) is 10.2. The topological polar surface area (TPSA) is 63.3 Å². The zero-order valence-electron chi connectivity index (χ0n) is 11.9. The van der Waals surface area contributed by atoms with Gasteiger partial charge < -0.3 is 11.1 Å². The number of nitrogens with zero attached hydrogens (tertiary/aromatic N) is 2. The Bertz CT molecular complexity index is 605. The van der Waals surface area contributed by atoms with Crippen molar-refractivity contribution in [1.29, 1.82) is 0 Å². The molecule has 0 spiro atoms. The number of aliphatic imine (C=N–C) groups is 1. The van der Waals surface area contributed by atoms with E-state index in [0.717, 1.165) is 23.4 Å². The number of pyridine rings is 1. The number of hydrogen-bond acceptors (Lipinski definition) is 2. The summed E-state index contributed by atoms with van der Waals surface area (Å²) in [6.07, 6.45) is 2.77. The van der Waals surface area contributed by atoms with E-state index in [-0.39, 0.29) is 0 Å². The maximum atomic E-state index is 5.91. The van der Waals surface area contributed by atoms with Crippen LogP contribution in [0, 0.1) is 6.92 Å². The Morgan fingerprint density at radius 2 is 2.15 bits per heavy atom. The lowest BCUT2D eigenvalue weighted by Crippen LogP contribution is -2.22. The molecule has 4 heteroatoms. The van der Waals surface area contributed by atoms with Crippen molar-refractivity contribution in [2.24, 2.45) is 10.7 Å². The second kappa shape index (κ2) is 6.70. The van der Waals surface area contributed by atoms with Gasteiger partial charge in [-0.2, -0.15) is 0 Å². The summed E-state index contributed by atoms with van der Waals surface area (Å²) in [6, 6.07) is 12.1. The van der Waals surface area contributed by atoms with Crippen LogP contribution in [0.3, 0.4) is 0 Å². The van der Waals surface area contributed by atoms with Gasteiger partial charge in [-0.1, -0.05) is 25.1 Å². The van der Waals surface area contributed by atoms with Gasteiger partial charge in [0.05, 0.1) is 12.2 Å². The molecule has 20 heavy (non-hydrogen) atoms. The van der Waals surface area contributed by atoms with E-state index in [0.29, 0.717) is 12.5 Å². The Kier molecular flexibility index (Phi) is 4.71. The van der Waals surface area contributed by atoms with E-state index < -0.39 is 0 Å². The molecule has 0 aliphatic carbocycles. The van der Waals surface area contributed by atoms with Crippen LogP contribution in [0.2, 0.25) is 0 Å². The lowest BCUT2D eigenvalue weighted by Gasteiger charge is -2.07. The van der Waals surface area contributed by atoms with Gasteiger partial charge in [0, 0.05) is 11.9 Å². The molecule has 0 saturated carbocycles. The van der Waals surface area contributed by atoms with Crippen molar-refractivity contribution >= 4 is 11.6 Å². The van der Waals surface area contributed by atoms with Gasteiger partial charge in [0.15, 0.2) is 5.96 Å². The number of benzene rings is 1. The summed E-state index contributed by atoms with van der Waals surface area (Å²) in [4.78, 5) is 8.62. The van der Waals surface area contributed by atoms with Crippen LogP contribution in [-0.2, 0) is 13.0 Å². The molecule has 2 aromatic rings. The smallest absolute Gasteiger partial charge is 0.193 e. The van der Waals surface area contributed by atoms with Crippen LogP contribution in [0.4, 0.5) is 5.69 Å². The number of aryl methyl sites for hydroxylation is 2. The fourth-order valence-electron chi connectivity index (χ4n) is 1.90. The number of hydrogen-bond donors (Lipinski definition) is 2. The molecule has 0 radical (unpaired) electrons. The number of guanidine groups is 1. The summed E-state index contributed by atoms with van der Waals surface area (Å²) < 4.78 is 0. The lowest BCUT2D eigenvalue weighted by atomic mass is 10.1. The largest absolute Gasteiger partial charge is 0.370 e. The van der Waals surface area contributed by atoms with Crippen molar-refractivity contribution < 1.29 is 0 Å². The maximum absolute atomic E-state index is 5.91. The number of nitrogens with one attached hydrogen (secondary N) is 1. The normalized spacial score (nSPS) is 11.4. The SMILES string of the molecule is CCc1cccc(NC(N)=NCc2ncccc2C)c1. The third-order valence-corrected chi connectivity index (χ3v) is 3.12. The highest BCUT2D eigenvalue weighted by Crippen LogP contribution is 2.11. The third kappa shape index (κ3) is 3.82. The average molecular weight is 268 g/mol. The Balaban J connectivity index is 2.02. The van der Waals surface area contributed by atoms with E-state index in [4.69, 9.17) is 5.73 Å². The first-order chi connectivity index (χ1) is 9.69. The van der Waals surface area contributed by atoms with Crippen molar-refractivity contribution in [2.75, 3.05) is 5.32 Å². The number of rotatable bonds is 4. The van der Waals surface area contributed by atoms with E-state index in [2.05, 4.69) is 34.3 Å².